The summed E-state index contributed by atoms with van der Waals surface area (Å²) in [4.78, 5) is 152. The van der Waals surface area contributed by atoms with Gasteiger partial charge in [0, 0.05) is 73.6 Å². The highest BCUT2D eigenvalue weighted by Crippen LogP contribution is 2.58. The normalized spacial score (nSPS) is 27.5. The molecule has 11 aliphatic rings. The van der Waals surface area contributed by atoms with Crippen LogP contribution in [0.2, 0.25) is 10.0 Å². The van der Waals surface area contributed by atoms with E-state index in [0.717, 1.165) is 62.4 Å². The number of amides is 8. The van der Waals surface area contributed by atoms with E-state index in [4.69, 9.17) is 56.4 Å². The van der Waals surface area contributed by atoms with Crippen molar-refractivity contribution < 1.29 is 117 Å². The summed E-state index contributed by atoms with van der Waals surface area (Å²) in [6.07, 6.45) is -11.7. The van der Waals surface area contributed by atoms with E-state index in [9.17, 15) is 54.9 Å². The van der Waals surface area contributed by atoms with Crippen molar-refractivity contribution in [3.8, 4) is 68.6 Å². The van der Waals surface area contributed by atoms with Gasteiger partial charge < -0.3 is 111 Å². The van der Waals surface area contributed by atoms with Gasteiger partial charge in [0.25, 0.3) is 0 Å². The SMILES string of the molecule is CC[C@H](CC(C)C)C(=O)N[C@H]1C(=O)C[C@@H](CC(=O)NC(=O)Nc2ccc(OCCNC)c(OCCNC)c2)C(=O)N[C@H]2C(=O)C[C@H]3C(=O)N[C@H](C(=O)N[C@H](C(=O)CC4C5CC6CC(C5)CC4C6)c4cc(O)cc(O)c4-c4cc3ccc4O)[C@H](O)c3ccc(c(Cl)c3)Oc3cc2cc(c3O[C@@H]2O[C@@H]3CNC(=O)O[C@H]3[C@H](O)[C@H]2O)Oc2ccc(cc2Cl)[C@H]1O. The Bertz CT molecular complexity index is 5020. The van der Waals surface area contributed by atoms with Gasteiger partial charge >= 0.3 is 12.1 Å². The zero-order valence-electron chi connectivity index (χ0n) is 67.4. The van der Waals surface area contributed by atoms with Crippen LogP contribution >= 0.6 is 23.2 Å². The highest BCUT2D eigenvalue weighted by atomic mass is 35.5. The second-order valence-electron chi connectivity index (χ2n) is 33.1. The van der Waals surface area contributed by atoms with Gasteiger partial charge in [0.15, 0.2) is 46.5 Å². The molecule has 8 amide bonds. The fourth-order valence-corrected chi connectivity index (χ4v) is 18.9. The average molecular weight is 1730 g/mol. The molecule has 35 heteroatoms. The number of hydrogen-bond donors (Lipinski definition) is 16. The van der Waals surface area contributed by atoms with E-state index in [-0.39, 0.29) is 128 Å². The monoisotopic (exact) mass is 1720 g/mol. The number of nitrogens with one attached hydrogen (secondary N) is 9. The molecule has 122 heavy (non-hydrogen) atoms. The fourth-order valence-electron chi connectivity index (χ4n) is 18.4. The highest BCUT2D eigenvalue weighted by Gasteiger charge is 2.53. The predicted octanol–water partition coefficient (Wildman–Crippen LogP) is 8.04. The minimum atomic E-state index is -2.23. The van der Waals surface area contributed by atoms with E-state index in [1.165, 1.54) is 66.7 Å². The maximum atomic E-state index is 16.7. The molecule has 33 nitrogen and oxygen atoms in total. The number of phenolic OH excluding ortho intramolecular Hbond substituents is 3. The van der Waals surface area contributed by atoms with Crippen LogP contribution in [-0.4, -0.2) is 184 Å². The first-order valence-corrected chi connectivity index (χ1v) is 41.8. The lowest BCUT2D eigenvalue weighted by molar-refractivity contribution is -0.275. The number of carbonyl (C=O) groups excluding carboxylic acids is 10. The van der Waals surface area contributed by atoms with Gasteiger partial charge in [-0.1, -0.05) is 62.2 Å². The number of halogens is 2. The number of carbonyl (C=O) groups is 10. The molecule has 0 radical (unpaired) electrons. The number of hydrogen-bond acceptors (Lipinski definition) is 26. The summed E-state index contributed by atoms with van der Waals surface area (Å²) >= 11 is 14.4. The van der Waals surface area contributed by atoms with Gasteiger partial charge in [-0.2, -0.15) is 0 Å². The Balaban J connectivity index is 0.931. The summed E-state index contributed by atoms with van der Waals surface area (Å²) in [6, 6.07) is 10.5. The molecule has 6 aromatic carbocycles. The number of aliphatic hydroxyl groups excluding tert-OH is 4. The predicted molar refractivity (Wildman–Crippen MR) is 437 cm³/mol. The van der Waals surface area contributed by atoms with Crippen LogP contribution in [0, 0.1) is 47.3 Å². The van der Waals surface area contributed by atoms with Crippen molar-refractivity contribution in [3.63, 3.8) is 0 Å². The molecule has 650 valence electrons. The van der Waals surface area contributed by atoms with Crippen molar-refractivity contribution in [1.29, 1.82) is 0 Å². The lowest BCUT2D eigenvalue weighted by Crippen LogP contribution is -2.65. The van der Waals surface area contributed by atoms with Gasteiger partial charge in [0.1, 0.15) is 96.6 Å². The summed E-state index contributed by atoms with van der Waals surface area (Å²) in [7, 11) is 3.46. The van der Waals surface area contributed by atoms with E-state index >= 15 is 28.8 Å². The molecule has 14 atom stereocenters. The number of imide groups is 1. The second-order valence-corrected chi connectivity index (χ2v) is 34.0. The number of aliphatic hydroxyl groups is 4. The van der Waals surface area contributed by atoms with Crippen molar-refractivity contribution in [3.05, 3.63) is 135 Å². The van der Waals surface area contributed by atoms with Crippen LogP contribution in [0.4, 0.5) is 15.3 Å². The van der Waals surface area contributed by atoms with Gasteiger partial charge in [-0.15, -0.1) is 0 Å². The van der Waals surface area contributed by atoms with Crippen molar-refractivity contribution in [1.82, 2.24) is 42.5 Å². The summed E-state index contributed by atoms with van der Waals surface area (Å²) in [5, 5.41) is 108. The van der Waals surface area contributed by atoms with Crippen LogP contribution in [-0.2, 0) is 47.8 Å². The molecular formula is C87H99Cl2N9O24. The molecule has 0 spiro atoms. The van der Waals surface area contributed by atoms with Crippen molar-refractivity contribution in [2.45, 2.75) is 164 Å². The lowest BCUT2D eigenvalue weighted by atomic mass is 9.51. The first kappa shape index (κ1) is 87.5. The number of Topliss-reactive ketones (excluding diaryl/α,β-unsaturated/α-hetero) is 3. The first-order valence-electron chi connectivity index (χ1n) is 41.0. The highest BCUT2D eigenvalue weighted by molar-refractivity contribution is 6.32. The van der Waals surface area contributed by atoms with Gasteiger partial charge in [-0.3, -0.25) is 43.7 Å². The molecule has 15 bridgehead atoms. The zero-order chi connectivity index (χ0) is 86.8. The Morgan fingerprint density at radius 2 is 1.29 bits per heavy atom. The van der Waals surface area contributed by atoms with Crippen molar-refractivity contribution in [2.24, 2.45) is 47.3 Å². The molecule has 7 heterocycles. The summed E-state index contributed by atoms with van der Waals surface area (Å²) in [5.74, 6) is -15.5. The molecule has 0 unspecified atom stereocenters. The van der Waals surface area contributed by atoms with Crippen molar-refractivity contribution in [2.75, 3.05) is 52.3 Å². The number of aromatic hydroxyl groups is 3. The average Bonchev–Trinajstić information content (AvgIpc) is 0.758. The number of benzene rings is 6. The summed E-state index contributed by atoms with van der Waals surface area (Å²) in [5.41, 5.74) is -1.50. The summed E-state index contributed by atoms with van der Waals surface area (Å²) in [6.45, 7) is 6.52. The molecule has 4 saturated carbocycles. The number of phenols is 3. The Kier molecular flexibility index (Phi) is 26.8. The maximum absolute atomic E-state index is 16.7. The Hall–Kier alpha value is -10.9. The third kappa shape index (κ3) is 19.1. The largest absolute Gasteiger partial charge is 0.508 e. The van der Waals surface area contributed by atoms with Crippen molar-refractivity contribution >= 4 is 87.9 Å². The first-order chi connectivity index (χ1) is 58.4. The number of anilines is 1. The van der Waals surface area contributed by atoms with E-state index in [1.54, 1.807) is 21.0 Å². The molecule has 7 aliphatic heterocycles. The van der Waals surface area contributed by atoms with E-state index in [2.05, 4.69) is 47.9 Å². The number of rotatable bonds is 21. The number of likely N-dealkylation sites (N-methyl/N-ethyl adjacent to an activating group) is 2. The number of alkyl carbamates (subject to hydrolysis) is 1. The molecule has 6 fully saturated rings. The van der Waals surface area contributed by atoms with Crippen LogP contribution in [0.1, 0.15) is 149 Å². The molecule has 17 rings (SSSR count). The standard InChI is InChI=1S/C87H99Cl2N9O24/c1-6-41(19-38(2)3)81(110)97-73-59(102)28-48(31-69(105)94-86(114)93-49-10-14-64(116-17-15-90-4)65(32-49)117-18-16-91-5)82(111)95-71-47-29-66(118-62-12-8-43(75(73)106)26-55(62)88)79(121-85-78(109)77(108)80-68(120-85)37-92-87(115)122-80)67(30-47)119-63-13-9-44(27-56(63)89)76(107)74-84(113)96-72(61(104)35-51-45-21-39-20-40(23-45)24-46(51)22-39)54-33-50(99)34-58(101)70(54)53-25-42(7-11-57(53)100)52(36-60(71)103)83(112)98-74/h7-14,25-27,29-30,32-34,38-41,45-46,48,51-52,68,71-78,80,85,90-91,99-101,106-109H,6,15-24,28,31,35-37H2,1-5H3,(H,92,115)(H,95,111)(H,96,113)(H,97,110)(H,98,112)(H2,93,94,105,114)/t39?,40?,41-,45?,46?,48+,51?,52-,68-,71-,72+,73+,74+,75-,76-,77-,78-,80-,85+/m1/s1. The van der Waals surface area contributed by atoms with Crippen LogP contribution in [0.15, 0.2) is 97.1 Å². The lowest BCUT2D eigenvalue weighted by Gasteiger charge is -2.54. The minimum absolute atomic E-state index is 0.0491. The quantitative estimate of drug-likeness (QED) is 0.0303. The van der Waals surface area contributed by atoms with Gasteiger partial charge in [0.05, 0.1) is 28.4 Å². The Morgan fingerprint density at radius 3 is 1.93 bits per heavy atom. The number of fused-ring (bicyclic) bond motifs is 16. The van der Waals surface area contributed by atoms with E-state index in [0.29, 0.717) is 37.1 Å². The smallest absolute Gasteiger partial charge is 0.407 e. The third-order valence-electron chi connectivity index (χ3n) is 24.3. The van der Waals surface area contributed by atoms with Gasteiger partial charge in [0.2, 0.25) is 41.6 Å². The van der Waals surface area contributed by atoms with Gasteiger partial charge in [-0.05, 0) is 189 Å². The van der Waals surface area contributed by atoms with Crippen LogP contribution in [0.3, 0.4) is 0 Å². The molecule has 4 aliphatic carbocycles. The zero-order valence-corrected chi connectivity index (χ0v) is 68.9. The second kappa shape index (κ2) is 37.4. The Morgan fingerprint density at radius 1 is 0.639 bits per heavy atom. The number of ketones is 3. The topological polar surface area (TPSA) is 485 Å². The van der Waals surface area contributed by atoms with E-state index < -0.39 is 198 Å². The molecule has 16 N–H and O–H groups in total. The van der Waals surface area contributed by atoms with Crippen LogP contribution < -0.4 is 71.5 Å². The Labute approximate surface area is 711 Å². The minimum Gasteiger partial charge on any atom is -0.508 e. The molecular weight excluding hydrogens is 1630 g/mol. The van der Waals surface area contributed by atoms with Crippen LogP contribution in [0.25, 0.3) is 11.1 Å². The van der Waals surface area contributed by atoms with E-state index in [1.807, 2.05) is 13.8 Å². The van der Waals surface area contributed by atoms with Gasteiger partial charge in [-0.25, -0.2) is 9.59 Å². The molecule has 0 aromatic heterocycles. The fraction of sp³-hybridized carbons (Fsp3) is 0.471. The third-order valence-corrected chi connectivity index (χ3v) is 24.9. The maximum Gasteiger partial charge on any atom is 0.407 e. The number of urea groups is 1. The van der Waals surface area contributed by atoms with Crippen LogP contribution in [0.5, 0.6) is 57.5 Å². The number of ether oxygens (including phenoxy) is 7. The summed E-state index contributed by atoms with van der Waals surface area (Å²) < 4.78 is 43.5. The molecule has 6 aromatic rings. The molecule has 2 saturated heterocycles.